The number of isothiocyanates is 1. The van der Waals surface area contributed by atoms with Gasteiger partial charge in [0.2, 0.25) is 0 Å². The molecule has 0 saturated heterocycles. The van der Waals surface area contributed by atoms with Crippen LogP contribution >= 0.6 is 12.2 Å². The van der Waals surface area contributed by atoms with Crippen LogP contribution in [0.4, 0.5) is 0 Å². The highest BCUT2D eigenvalue weighted by atomic mass is 32.2. The van der Waals surface area contributed by atoms with E-state index in [0.717, 1.165) is 26.3 Å². The first-order valence-corrected chi connectivity index (χ1v) is 7.05. The first-order valence-electron chi connectivity index (χ1n) is 4.82. The number of nitrogens with zero attached hydrogens (tertiary/aromatic N) is 1. The Morgan fingerprint density at radius 2 is 1.88 bits per heavy atom. The molecule has 0 saturated carbocycles. The fourth-order valence-electron chi connectivity index (χ4n) is 0.875. The minimum atomic E-state index is -3.16. The lowest BCUT2D eigenvalue weighted by atomic mass is 10.2. The van der Waals surface area contributed by atoms with Crippen molar-refractivity contribution in [1.29, 1.82) is 0 Å². The van der Waals surface area contributed by atoms with Crippen LogP contribution in [0.5, 0.6) is 0 Å². The van der Waals surface area contributed by atoms with Crippen LogP contribution in [0.25, 0.3) is 0 Å². The molecule has 0 unspecified atom stereocenters. The molecule has 6 heteroatoms. The zero-order chi connectivity index (χ0) is 13.1. The van der Waals surface area contributed by atoms with Crippen LogP contribution in [0.1, 0.15) is 5.56 Å². The molecule has 4 nitrogen and oxygen atoms in total. The summed E-state index contributed by atoms with van der Waals surface area (Å²) in [5.41, 5.74) is 1.29. The highest BCUT2D eigenvalue weighted by Crippen LogP contribution is 1.98. The van der Waals surface area contributed by atoms with Gasteiger partial charge in [0.1, 0.15) is 0 Å². The number of benzene rings is 1. The second-order valence-electron chi connectivity index (χ2n) is 3.08. The van der Waals surface area contributed by atoms with Gasteiger partial charge in [0.25, 0.3) is 10.1 Å². The van der Waals surface area contributed by atoms with Crippen LogP contribution in [0.2, 0.25) is 0 Å². The van der Waals surface area contributed by atoms with Crippen molar-refractivity contribution >= 4 is 27.5 Å². The monoisotopic (exact) mass is 273 g/mol. The van der Waals surface area contributed by atoms with E-state index in [1.165, 1.54) is 5.56 Å². The van der Waals surface area contributed by atoms with Gasteiger partial charge in [0.05, 0.1) is 25.1 Å². The molecule has 0 aliphatic carbocycles. The van der Waals surface area contributed by atoms with Gasteiger partial charge >= 0.3 is 0 Å². The average Bonchev–Trinajstić information content (AvgIpc) is 2.31. The molecule has 0 N–H and O–H groups in total. The molecule has 1 rings (SSSR count). The Balaban J connectivity index is 0.000000366. The molecule has 1 aromatic rings. The van der Waals surface area contributed by atoms with Crippen molar-refractivity contribution in [2.75, 3.05) is 19.9 Å². The van der Waals surface area contributed by atoms with Gasteiger partial charge in [-0.2, -0.15) is 8.42 Å². The van der Waals surface area contributed by atoms with Crippen LogP contribution in [-0.2, 0) is 20.7 Å². The molecular weight excluding hydrogens is 258 g/mol. The van der Waals surface area contributed by atoms with Gasteiger partial charge in [-0.25, -0.2) is 4.99 Å². The van der Waals surface area contributed by atoms with Crippen LogP contribution < -0.4 is 0 Å². The number of rotatable bonds is 4. The first-order chi connectivity index (χ1) is 7.99. The third-order valence-corrected chi connectivity index (χ3v) is 2.46. The maximum Gasteiger partial charge on any atom is 0.264 e. The molecular formula is C11H15NO3S2. The third kappa shape index (κ3) is 11.2. The molecule has 0 aromatic heterocycles. The molecule has 0 aliphatic rings. The van der Waals surface area contributed by atoms with Crippen molar-refractivity contribution in [3.8, 4) is 0 Å². The zero-order valence-electron chi connectivity index (χ0n) is 9.79. The minimum absolute atomic E-state index is 0.744. The maximum absolute atomic E-state index is 9.78. The molecule has 0 amide bonds. The number of aliphatic imine (C=N–C) groups is 1. The largest absolute Gasteiger partial charge is 0.274 e. The van der Waals surface area contributed by atoms with E-state index in [-0.39, 0.29) is 0 Å². The van der Waals surface area contributed by atoms with E-state index in [1.54, 1.807) is 0 Å². The zero-order valence-corrected chi connectivity index (χ0v) is 11.4. The van der Waals surface area contributed by atoms with E-state index in [4.69, 9.17) is 0 Å². The van der Waals surface area contributed by atoms with Crippen LogP contribution in [0.3, 0.4) is 0 Å². The van der Waals surface area contributed by atoms with Gasteiger partial charge in [0.15, 0.2) is 0 Å². The Morgan fingerprint density at radius 3 is 2.29 bits per heavy atom. The summed E-state index contributed by atoms with van der Waals surface area (Å²) in [6.45, 7) is 0.744. The second-order valence-corrected chi connectivity index (χ2v) is 5.00. The van der Waals surface area contributed by atoms with Gasteiger partial charge in [-0.05, 0) is 24.2 Å². The van der Waals surface area contributed by atoms with Crippen LogP contribution in [0, 0.1) is 0 Å². The van der Waals surface area contributed by atoms with Crippen molar-refractivity contribution in [2.45, 2.75) is 6.42 Å². The summed E-state index contributed by atoms with van der Waals surface area (Å²) >= 11 is 4.45. The third-order valence-electron chi connectivity index (χ3n) is 1.72. The second kappa shape index (κ2) is 9.01. The maximum atomic E-state index is 9.78. The van der Waals surface area contributed by atoms with Crippen molar-refractivity contribution in [2.24, 2.45) is 4.99 Å². The van der Waals surface area contributed by atoms with E-state index in [9.17, 15) is 8.42 Å². The summed E-state index contributed by atoms with van der Waals surface area (Å²) in [5.74, 6) is 0. The number of hydrogen-bond donors (Lipinski definition) is 0. The Morgan fingerprint density at radius 1 is 1.35 bits per heavy atom. The number of thiocarbonyl (C=S) groups is 1. The minimum Gasteiger partial charge on any atom is -0.274 e. The van der Waals surface area contributed by atoms with Gasteiger partial charge in [0, 0.05) is 0 Å². The van der Waals surface area contributed by atoms with E-state index < -0.39 is 10.1 Å². The molecule has 1 aromatic carbocycles. The van der Waals surface area contributed by atoms with Crippen LogP contribution in [0.15, 0.2) is 35.3 Å². The molecule has 0 aliphatic heterocycles. The lowest BCUT2D eigenvalue weighted by Gasteiger charge is -1.94. The Labute approximate surface area is 107 Å². The molecule has 0 fully saturated rings. The summed E-state index contributed by atoms with van der Waals surface area (Å²) < 4.78 is 23.5. The molecule has 0 bridgehead atoms. The summed E-state index contributed by atoms with van der Waals surface area (Å²) in [4.78, 5) is 3.83. The van der Waals surface area contributed by atoms with Gasteiger partial charge in [-0.3, -0.25) is 4.18 Å². The molecule has 0 radical (unpaired) electrons. The topological polar surface area (TPSA) is 55.7 Å². The first kappa shape index (κ1) is 15.9. The summed E-state index contributed by atoms with van der Waals surface area (Å²) in [6.07, 6.45) is 1.94. The number of hydrogen-bond acceptors (Lipinski definition) is 5. The van der Waals surface area contributed by atoms with Crippen LogP contribution in [-0.4, -0.2) is 33.5 Å². The molecule has 0 heterocycles. The fraction of sp³-hybridized carbons (Fsp3) is 0.364. The molecule has 94 valence electrons. The quantitative estimate of drug-likeness (QED) is 0.478. The van der Waals surface area contributed by atoms with E-state index in [1.807, 2.05) is 18.2 Å². The standard InChI is InChI=1S/C9H9NS.C2H6O3S/c11-8-10-7-6-9-4-2-1-3-5-9;1-5-6(2,3)4/h1-5H,6-7H2;1-2H3. The molecule has 0 spiro atoms. The Hall–Kier alpha value is -1.07. The molecule has 17 heavy (non-hydrogen) atoms. The summed E-state index contributed by atoms with van der Waals surface area (Å²) in [6, 6.07) is 10.2. The lowest BCUT2D eigenvalue weighted by Crippen LogP contribution is -1.95. The van der Waals surface area contributed by atoms with E-state index >= 15 is 0 Å². The predicted octanol–water partition coefficient (Wildman–Crippen LogP) is 1.92. The fourth-order valence-corrected chi connectivity index (χ4v) is 0.967. The smallest absolute Gasteiger partial charge is 0.264 e. The van der Waals surface area contributed by atoms with Crippen molar-refractivity contribution < 1.29 is 12.6 Å². The predicted molar refractivity (Wildman–Crippen MR) is 71.9 cm³/mol. The Kier molecular flexibility index (Phi) is 8.44. The van der Waals surface area contributed by atoms with Crippen molar-refractivity contribution in [3.05, 3.63) is 35.9 Å². The van der Waals surface area contributed by atoms with Gasteiger partial charge in [-0.1, -0.05) is 30.3 Å². The van der Waals surface area contributed by atoms with E-state index in [0.29, 0.717) is 0 Å². The highest BCUT2D eigenvalue weighted by molar-refractivity contribution is 7.85. The Bertz CT molecular complexity index is 451. The normalized spacial score (nSPS) is 9.76. The highest BCUT2D eigenvalue weighted by Gasteiger charge is 1.90. The van der Waals surface area contributed by atoms with Gasteiger partial charge in [-0.15, -0.1) is 0 Å². The van der Waals surface area contributed by atoms with Crippen molar-refractivity contribution in [3.63, 3.8) is 0 Å². The van der Waals surface area contributed by atoms with Gasteiger partial charge < -0.3 is 0 Å². The SMILES string of the molecule is COS(C)(=O)=O.S=C=NCCc1ccccc1. The summed E-state index contributed by atoms with van der Waals surface area (Å²) in [7, 11) is -2.04. The molecule has 0 atom stereocenters. The van der Waals surface area contributed by atoms with Crippen molar-refractivity contribution in [1.82, 2.24) is 0 Å². The average molecular weight is 273 g/mol. The summed E-state index contributed by atoms with van der Waals surface area (Å²) in [5, 5.41) is 2.35. The lowest BCUT2D eigenvalue weighted by molar-refractivity contribution is 0.403. The van der Waals surface area contributed by atoms with E-state index in [2.05, 4.69) is 38.7 Å².